The molecule has 13 heavy (non-hydrogen) atoms. The van der Waals surface area contributed by atoms with Gasteiger partial charge in [0.05, 0.1) is 6.61 Å². The van der Waals surface area contributed by atoms with Crippen LogP contribution in [0.4, 0.5) is 0 Å². The summed E-state index contributed by atoms with van der Waals surface area (Å²) in [5.74, 6) is 0. The molecule has 0 radical (unpaired) electrons. The lowest BCUT2D eigenvalue weighted by atomic mass is 10.3. The van der Waals surface area contributed by atoms with Crippen LogP contribution in [-0.2, 0) is 11.2 Å². The lowest BCUT2D eigenvalue weighted by Crippen LogP contribution is -2.21. The molecular formula is C10H17NOS. The van der Waals surface area contributed by atoms with Crippen LogP contribution in [0, 0.1) is 6.92 Å². The minimum absolute atomic E-state index is 0.795. The Balaban J connectivity index is 2.06. The van der Waals surface area contributed by atoms with E-state index in [1.807, 2.05) is 11.3 Å². The van der Waals surface area contributed by atoms with Crippen molar-refractivity contribution in [3.63, 3.8) is 0 Å². The van der Waals surface area contributed by atoms with Gasteiger partial charge in [0.2, 0.25) is 0 Å². The Hall–Kier alpha value is -0.380. The van der Waals surface area contributed by atoms with E-state index in [4.69, 9.17) is 4.74 Å². The molecule has 2 nitrogen and oxygen atoms in total. The Morgan fingerprint density at radius 1 is 1.38 bits per heavy atom. The Morgan fingerprint density at radius 2 is 2.23 bits per heavy atom. The Kier molecular flexibility index (Phi) is 5.05. The van der Waals surface area contributed by atoms with E-state index in [0.717, 1.165) is 26.1 Å². The van der Waals surface area contributed by atoms with Crippen LogP contribution in [0.2, 0.25) is 0 Å². The molecule has 0 amide bonds. The normalized spacial score (nSPS) is 10.6. The van der Waals surface area contributed by atoms with Crippen molar-refractivity contribution in [2.45, 2.75) is 13.3 Å². The smallest absolute Gasteiger partial charge is 0.0587 e. The molecule has 3 heteroatoms. The second-order valence-corrected chi connectivity index (χ2v) is 4.38. The van der Waals surface area contributed by atoms with Crippen molar-refractivity contribution in [1.29, 1.82) is 0 Å². The quantitative estimate of drug-likeness (QED) is 0.706. The first-order chi connectivity index (χ1) is 6.33. The zero-order valence-corrected chi connectivity index (χ0v) is 9.12. The summed E-state index contributed by atoms with van der Waals surface area (Å²) < 4.78 is 4.94. The summed E-state index contributed by atoms with van der Waals surface area (Å²) in [6.07, 6.45) is 1.13. The van der Waals surface area contributed by atoms with E-state index in [2.05, 4.69) is 24.4 Å². The molecule has 0 aliphatic heterocycles. The molecular weight excluding hydrogens is 182 g/mol. The van der Waals surface area contributed by atoms with Crippen LogP contribution >= 0.6 is 11.3 Å². The fourth-order valence-electron chi connectivity index (χ4n) is 1.13. The topological polar surface area (TPSA) is 21.3 Å². The van der Waals surface area contributed by atoms with E-state index in [1.54, 1.807) is 7.11 Å². The summed E-state index contributed by atoms with van der Waals surface area (Å²) >= 11 is 1.88. The summed E-state index contributed by atoms with van der Waals surface area (Å²) in [6.45, 7) is 4.93. The second-order valence-electron chi connectivity index (χ2n) is 3.01. The SMILES string of the molecule is COCCNCCc1ccc(C)s1. The van der Waals surface area contributed by atoms with Crippen molar-refractivity contribution in [3.8, 4) is 0 Å². The van der Waals surface area contributed by atoms with Gasteiger partial charge in [-0.05, 0) is 25.5 Å². The van der Waals surface area contributed by atoms with Gasteiger partial charge in [0.15, 0.2) is 0 Å². The molecule has 0 fully saturated rings. The molecule has 0 atom stereocenters. The molecule has 1 heterocycles. The van der Waals surface area contributed by atoms with Crippen LogP contribution in [-0.4, -0.2) is 26.8 Å². The summed E-state index contributed by atoms with van der Waals surface area (Å²) in [5.41, 5.74) is 0. The number of rotatable bonds is 6. The van der Waals surface area contributed by atoms with Gasteiger partial charge >= 0.3 is 0 Å². The third-order valence-corrected chi connectivity index (χ3v) is 2.89. The highest BCUT2D eigenvalue weighted by Crippen LogP contribution is 2.14. The molecule has 0 saturated heterocycles. The minimum atomic E-state index is 0.795. The van der Waals surface area contributed by atoms with Gasteiger partial charge in [0.1, 0.15) is 0 Å². The molecule has 0 aromatic carbocycles. The molecule has 0 unspecified atom stereocenters. The second kappa shape index (κ2) is 6.13. The van der Waals surface area contributed by atoms with Crippen molar-refractivity contribution in [2.75, 3.05) is 26.8 Å². The monoisotopic (exact) mass is 199 g/mol. The maximum Gasteiger partial charge on any atom is 0.0587 e. The average Bonchev–Trinajstić information content (AvgIpc) is 2.51. The molecule has 74 valence electrons. The Labute approximate surface area is 83.9 Å². The molecule has 1 rings (SSSR count). The van der Waals surface area contributed by atoms with Crippen molar-refractivity contribution in [1.82, 2.24) is 5.32 Å². The van der Waals surface area contributed by atoms with Gasteiger partial charge in [-0.3, -0.25) is 0 Å². The number of ether oxygens (including phenoxy) is 1. The predicted molar refractivity (Wildman–Crippen MR) is 57.5 cm³/mol. The number of methoxy groups -OCH3 is 1. The zero-order valence-electron chi connectivity index (χ0n) is 8.30. The van der Waals surface area contributed by atoms with Gasteiger partial charge in [-0.15, -0.1) is 11.3 Å². The fourth-order valence-corrected chi connectivity index (χ4v) is 2.02. The fraction of sp³-hybridized carbons (Fsp3) is 0.600. The van der Waals surface area contributed by atoms with E-state index in [-0.39, 0.29) is 0 Å². The first kappa shape index (κ1) is 10.7. The standard InChI is InChI=1S/C10H17NOS/c1-9-3-4-10(13-9)5-6-11-7-8-12-2/h3-4,11H,5-8H2,1-2H3. The van der Waals surface area contributed by atoms with Crippen molar-refractivity contribution in [3.05, 3.63) is 21.9 Å². The van der Waals surface area contributed by atoms with Crippen molar-refractivity contribution in [2.24, 2.45) is 0 Å². The summed E-state index contributed by atoms with van der Waals surface area (Å²) in [5, 5.41) is 3.33. The highest BCUT2D eigenvalue weighted by molar-refractivity contribution is 7.11. The molecule has 0 spiro atoms. The van der Waals surface area contributed by atoms with Gasteiger partial charge in [-0.2, -0.15) is 0 Å². The zero-order chi connectivity index (χ0) is 9.52. The van der Waals surface area contributed by atoms with Crippen LogP contribution in [0.5, 0.6) is 0 Å². The average molecular weight is 199 g/mol. The summed E-state index contributed by atoms with van der Waals surface area (Å²) in [4.78, 5) is 2.86. The first-order valence-corrected chi connectivity index (χ1v) is 5.39. The predicted octanol–water partition coefficient (Wildman–Crippen LogP) is 1.84. The molecule has 1 N–H and O–H groups in total. The minimum Gasteiger partial charge on any atom is -0.383 e. The molecule has 0 bridgehead atoms. The lowest BCUT2D eigenvalue weighted by Gasteiger charge is -2.01. The van der Waals surface area contributed by atoms with Gasteiger partial charge in [0, 0.05) is 30.0 Å². The number of hydrogen-bond donors (Lipinski definition) is 1. The largest absolute Gasteiger partial charge is 0.383 e. The maximum absolute atomic E-state index is 4.94. The number of nitrogens with one attached hydrogen (secondary N) is 1. The van der Waals surface area contributed by atoms with Gasteiger partial charge in [-0.1, -0.05) is 0 Å². The highest BCUT2D eigenvalue weighted by Gasteiger charge is 1.95. The van der Waals surface area contributed by atoms with Gasteiger partial charge in [0.25, 0.3) is 0 Å². The highest BCUT2D eigenvalue weighted by atomic mass is 32.1. The van der Waals surface area contributed by atoms with Crippen LogP contribution in [0.1, 0.15) is 9.75 Å². The molecule has 0 aliphatic carbocycles. The van der Waals surface area contributed by atoms with Crippen LogP contribution in [0.3, 0.4) is 0 Å². The first-order valence-electron chi connectivity index (χ1n) is 4.58. The molecule has 1 aromatic heterocycles. The van der Waals surface area contributed by atoms with E-state index >= 15 is 0 Å². The van der Waals surface area contributed by atoms with Crippen LogP contribution in [0.15, 0.2) is 12.1 Å². The number of hydrogen-bond acceptors (Lipinski definition) is 3. The molecule has 0 saturated carbocycles. The Morgan fingerprint density at radius 3 is 2.85 bits per heavy atom. The van der Waals surface area contributed by atoms with E-state index in [0.29, 0.717) is 0 Å². The van der Waals surface area contributed by atoms with E-state index < -0.39 is 0 Å². The molecule has 1 aromatic rings. The van der Waals surface area contributed by atoms with Crippen molar-refractivity contribution < 1.29 is 4.74 Å². The maximum atomic E-state index is 4.94. The van der Waals surface area contributed by atoms with E-state index in [9.17, 15) is 0 Å². The van der Waals surface area contributed by atoms with Crippen LogP contribution in [0.25, 0.3) is 0 Å². The summed E-state index contributed by atoms with van der Waals surface area (Å²) in [6, 6.07) is 4.38. The molecule has 0 aliphatic rings. The number of thiophene rings is 1. The third kappa shape index (κ3) is 4.41. The van der Waals surface area contributed by atoms with Crippen LogP contribution < -0.4 is 5.32 Å². The van der Waals surface area contributed by atoms with Gasteiger partial charge in [-0.25, -0.2) is 0 Å². The van der Waals surface area contributed by atoms with E-state index in [1.165, 1.54) is 9.75 Å². The van der Waals surface area contributed by atoms with Crippen molar-refractivity contribution >= 4 is 11.3 Å². The number of aryl methyl sites for hydroxylation is 1. The Bertz CT molecular complexity index is 235. The summed E-state index contributed by atoms with van der Waals surface area (Å²) in [7, 11) is 1.73. The third-order valence-electron chi connectivity index (χ3n) is 1.83. The lowest BCUT2D eigenvalue weighted by molar-refractivity contribution is 0.199. The van der Waals surface area contributed by atoms with Gasteiger partial charge < -0.3 is 10.1 Å².